The predicted molar refractivity (Wildman–Crippen MR) is 85.0 cm³/mol. The molecule has 0 saturated heterocycles. The van der Waals surface area contributed by atoms with E-state index in [1.165, 1.54) is 16.7 Å². The zero-order valence-corrected chi connectivity index (χ0v) is 12.4. The van der Waals surface area contributed by atoms with Gasteiger partial charge in [0.15, 0.2) is 0 Å². The fourth-order valence-electron chi connectivity index (χ4n) is 2.72. The fourth-order valence-corrected chi connectivity index (χ4v) is 2.72. The molecule has 0 bridgehead atoms. The van der Waals surface area contributed by atoms with Crippen LogP contribution in [0.1, 0.15) is 42.9 Å². The van der Waals surface area contributed by atoms with Gasteiger partial charge in [0, 0.05) is 5.92 Å². The first-order chi connectivity index (χ1) is 9.74. The Bertz CT molecular complexity index is 501. The van der Waals surface area contributed by atoms with Gasteiger partial charge in [-0.25, -0.2) is 0 Å². The number of hydrogen-bond acceptors (Lipinski definition) is 1. The summed E-state index contributed by atoms with van der Waals surface area (Å²) in [5, 5.41) is 10.5. The van der Waals surface area contributed by atoms with E-state index < -0.39 is 0 Å². The standard InChI is InChI=1S/C19H24O/c1-3-15-10-12-16(13-11-15)14-19(20)18(4-2)17-8-6-5-7-9-17/h5-13,18-20H,3-4,14H2,1-2H3. The van der Waals surface area contributed by atoms with E-state index in [2.05, 4.69) is 50.2 Å². The number of aliphatic hydroxyl groups is 1. The molecule has 0 aliphatic heterocycles. The van der Waals surface area contributed by atoms with Crippen LogP contribution >= 0.6 is 0 Å². The van der Waals surface area contributed by atoms with Crippen molar-refractivity contribution in [1.82, 2.24) is 0 Å². The summed E-state index contributed by atoms with van der Waals surface area (Å²) in [6.45, 7) is 4.30. The Morgan fingerprint density at radius 3 is 2.00 bits per heavy atom. The number of hydrogen-bond donors (Lipinski definition) is 1. The smallest absolute Gasteiger partial charge is 0.0648 e. The van der Waals surface area contributed by atoms with Gasteiger partial charge in [0.1, 0.15) is 0 Å². The maximum absolute atomic E-state index is 10.5. The Morgan fingerprint density at radius 1 is 0.850 bits per heavy atom. The lowest BCUT2D eigenvalue weighted by Crippen LogP contribution is -2.20. The van der Waals surface area contributed by atoms with E-state index in [0.29, 0.717) is 0 Å². The minimum atomic E-state index is -0.324. The minimum Gasteiger partial charge on any atom is -0.392 e. The molecule has 20 heavy (non-hydrogen) atoms. The largest absolute Gasteiger partial charge is 0.392 e. The molecule has 0 aromatic heterocycles. The average Bonchev–Trinajstić information content (AvgIpc) is 2.50. The summed E-state index contributed by atoms with van der Waals surface area (Å²) in [5.41, 5.74) is 3.79. The molecular formula is C19H24O. The van der Waals surface area contributed by atoms with Crippen LogP contribution in [0, 0.1) is 0 Å². The maximum atomic E-state index is 10.5. The Labute approximate surface area is 122 Å². The van der Waals surface area contributed by atoms with Crippen LogP contribution < -0.4 is 0 Å². The first-order valence-corrected chi connectivity index (χ1v) is 7.55. The van der Waals surface area contributed by atoms with Crippen molar-refractivity contribution in [3.8, 4) is 0 Å². The second-order valence-electron chi connectivity index (χ2n) is 5.37. The number of rotatable bonds is 6. The second-order valence-corrected chi connectivity index (χ2v) is 5.37. The highest BCUT2D eigenvalue weighted by molar-refractivity contribution is 5.25. The fraction of sp³-hybridized carbons (Fsp3) is 0.368. The van der Waals surface area contributed by atoms with Crippen LogP contribution in [0.15, 0.2) is 54.6 Å². The van der Waals surface area contributed by atoms with Gasteiger partial charge in [0.05, 0.1) is 6.10 Å². The quantitative estimate of drug-likeness (QED) is 0.826. The van der Waals surface area contributed by atoms with Crippen molar-refractivity contribution < 1.29 is 5.11 Å². The van der Waals surface area contributed by atoms with Crippen LogP contribution in [-0.2, 0) is 12.8 Å². The van der Waals surface area contributed by atoms with Crippen molar-refractivity contribution in [2.24, 2.45) is 0 Å². The molecule has 0 heterocycles. The van der Waals surface area contributed by atoms with Gasteiger partial charge in [0.2, 0.25) is 0 Å². The topological polar surface area (TPSA) is 20.2 Å². The highest BCUT2D eigenvalue weighted by atomic mass is 16.3. The van der Waals surface area contributed by atoms with Crippen LogP contribution in [0.3, 0.4) is 0 Å². The summed E-state index contributed by atoms with van der Waals surface area (Å²) in [6.07, 6.45) is 2.41. The molecule has 2 aromatic rings. The molecule has 0 spiro atoms. The number of benzene rings is 2. The molecule has 2 atom stereocenters. The summed E-state index contributed by atoms with van der Waals surface area (Å²) in [7, 11) is 0. The minimum absolute atomic E-state index is 0.210. The highest BCUT2D eigenvalue weighted by Gasteiger charge is 2.19. The van der Waals surface area contributed by atoms with E-state index in [0.717, 1.165) is 19.3 Å². The molecule has 1 nitrogen and oxygen atoms in total. The molecular weight excluding hydrogens is 244 g/mol. The van der Waals surface area contributed by atoms with E-state index >= 15 is 0 Å². The first kappa shape index (κ1) is 14.8. The van der Waals surface area contributed by atoms with E-state index in [9.17, 15) is 5.11 Å². The zero-order chi connectivity index (χ0) is 14.4. The van der Waals surface area contributed by atoms with Crippen molar-refractivity contribution >= 4 is 0 Å². The Balaban J connectivity index is 2.07. The van der Waals surface area contributed by atoms with Crippen molar-refractivity contribution in [3.05, 3.63) is 71.3 Å². The van der Waals surface area contributed by atoms with Crippen LogP contribution in [0.5, 0.6) is 0 Å². The van der Waals surface area contributed by atoms with E-state index in [4.69, 9.17) is 0 Å². The molecule has 0 radical (unpaired) electrons. The monoisotopic (exact) mass is 268 g/mol. The molecule has 2 unspecified atom stereocenters. The Morgan fingerprint density at radius 2 is 1.45 bits per heavy atom. The normalized spacial score (nSPS) is 13.9. The third kappa shape index (κ3) is 3.71. The van der Waals surface area contributed by atoms with Gasteiger partial charge in [-0.1, -0.05) is 68.4 Å². The van der Waals surface area contributed by atoms with Gasteiger partial charge in [-0.15, -0.1) is 0 Å². The van der Waals surface area contributed by atoms with E-state index in [1.54, 1.807) is 0 Å². The molecule has 0 saturated carbocycles. The molecule has 0 aliphatic carbocycles. The van der Waals surface area contributed by atoms with Crippen molar-refractivity contribution in [3.63, 3.8) is 0 Å². The second kappa shape index (κ2) is 7.25. The summed E-state index contributed by atoms with van der Waals surface area (Å²) >= 11 is 0. The van der Waals surface area contributed by atoms with E-state index in [1.807, 2.05) is 18.2 Å². The number of aryl methyl sites for hydroxylation is 1. The predicted octanol–water partition coefficient (Wildman–Crippen LogP) is 4.35. The van der Waals surface area contributed by atoms with Gasteiger partial charge in [-0.3, -0.25) is 0 Å². The molecule has 1 N–H and O–H groups in total. The third-order valence-electron chi connectivity index (χ3n) is 4.01. The van der Waals surface area contributed by atoms with Gasteiger partial charge in [0.25, 0.3) is 0 Å². The summed E-state index contributed by atoms with van der Waals surface area (Å²) in [4.78, 5) is 0. The third-order valence-corrected chi connectivity index (χ3v) is 4.01. The van der Waals surface area contributed by atoms with Crippen molar-refractivity contribution in [2.45, 2.75) is 45.1 Å². The molecule has 0 aliphatic rings. The highest BCUT2D eigenvalue weighted by Crippen LogP contribution is 2.25. The van der Waals surface area contributed by atoms with Crippen LogP contribution in [-0.4, -0.2) is 11.2 Å². The first-order valence-electron chi connectivity index (χ1n) is 7.55. The summed E-state index contributed by atoms with van der Waals surface area (Å²) in [6, 6.07) is 18.9. The lowest BCUT2D eigenvalue weighted by molar-refractivity contribution is 0.141. The van der Waals surface area contributed by atoms with E-state index in [-0.39, 0.29) is 12.0 Å². The van der Waals surface area contributed by atoms with Crippen LogP contribution in [0.4, 0.5) is 0 Å². The Kier molecular flexibility index (Phi) is 5.37. The van der Waals surface area contributed by atoms with Crippen LogP contribution in [0.2, 0.25) is 0 Å². The molecule has 106 valence electrons. The van der Waals surface area contributed by atoms with Crippen molar-refractivity contribution in [1.29, 1.82) is 0 Å². The Hall–Kier alpha value is -1.60. The molecule has 2 rings (SSSR count). The zero-order valence-electron chi connectivity index (χ0n) is 12.4. The van der Waals surface area contributed by atoms with Crippen LogP contribution in [0.25, 0.3) is 0 Å². The van der Waals surface area contributed by atoms with Gasteiger partial charge < -0.3 is 5.11 Å². The van der Waals surface area contributed by atoms with Gasteiger partial charge >= 0.3 is 0 Å². The average molecular weight is 268 g/mol. The molecule has 0 amide bonds. The van der Waals surface area contributed by atoms with Gasteiger partial charge in [-0.05, 0) is 36.0 Å². The molecule has 2 aromatic carbocycles. The maximum Gasteiger partial charge on any atom is 0.0648 e. The van der Waals surface area contributed by atoms with Crippen molar-refractivity contribution in [2.75, 3.05) is 0 Å². The lowest BCUT2D eigenvalue weighted by atomic mass is 9.87. The number of aliphatic hydroxyl groups excluding tert-OH is 1. The lowest BCUT2D eigenvalue weighted by Gasteiger charge is -2.22. The van der Waals surface area contributed by atoms with Gasteiger partial charge in [-0.2, -0.15) is 0 Å². The SMILES string of the molecule is CCc1ccc(CC(O)C(CC)c2ccccc2)cc1. The summed E-state index contributed by atoms with van der Waals surface area (Å²) < 4.78 is 0. The summed E-state index contributed by atoms with van der Waals surface area (Å²) in [5.74, 6) is 0.210. The molecule has 1 heteroatoms. The molecule has 0 fully saturated rings.